The highest BCUT2D eigenvalue weighted by Crippen LogP contribution is 2.27. The van der Waals surface area contributed by atoms with E-state index in [2.05, 4.69) is 20.7 Å². The largest absolute Gasteiger partial charge is 0.485 e. The summed E-state index contributed by atoms with van der Waals surface area (Å²) < 4.78 is 10.7. The maximum Gasteiger partial charge on any atom is 0.195 e. The lowest BCUT2D eigenvalue weighted by Gasteiger charge is -2.07. The molecule has 1 aromatic rings. The van der Waals surface area contributed by atoms with E-state index in [4.69, 9.17) is 16.3 Å². The van der Waals surface area contributed by atoms with Crippen molar-refractivity contribution < 1.29 is 14.3 Å². The number of carbonyl (C=O) groups excluding carboxylic acids is 1. The lowest BCUT2D eigenvalue weighted by Crippen LogP contribution is -2.16. The topological polar surface area (TPSA) is 35.5 Å². The first kappa shape index (κ1) is 12.5. The normalized spacial score (nSPS) is 10.1. The second-order valence-electron chi connectivity index (χ2n) is 2.84. The lowest BCUT2D eigenvalue weighted by molar-refractivity contribution is -0.124. The van der Waals surface area contributed by atoms with E-state index in [1.54, 1.807) is 18.2 Å². The molecule has 0 unspecified atom stereocenters. The fraction of sp³-hybridized carbons (Fsp3) is 0.300. The predicted molar refractivity (Wildman–Crippen MR) is 61.5 cm³/mol. The smallest absolute Gasteiger partial charge is 0.195 e. The Hall–Kier alpha value is -0.580. The van der Waals surface area contributed by atoms with Crippen molar-refractivity contribution >= 4 is 33.3 Å². The molecule has 15 heavy (non-hydrogen) atoms. The molecule has 5 heteroatoms. The third-order valence-electron chi connectivity index (χ3n) is 1.59. The Labute approximate surface area is 101 Å². The Balaban J connectivity index is 2.54. The molecule has 0 radical (unpaired) electrons. The lowest BCUT2D eigenvalue weighted by atomic mass is 10.3. The van der Waals surface area contributed by atoms with Gasteiger partial charge in [-0.2, -0.15) is 0 Å². The summed E-state index contributed by atoms with van der Waals surface area (Å²) in [5, 5.41) is 0.609. The molecule has 0 amide bonds. The molecule has 0 N–H and O–H groups in total. The maximum absolute atomic E-state index is 11.1. The summed E-state index contributed by atoms with van der Waals surface area (Å²) in [6.07, 6.45) is 0. The Morgan fingerprint density at radius 3 is 2.80 bits per heavy atom. The molecule has 0 heterocycles. The fourth-order valence-corrected chi connectivity index (χ4v) is 1.75. The molecule has 0 aromatic heterocycles. The van der Waals surface area contributed by atoms with Gasteiger partial charge in [0.15, 0.2) is 5.78 Å². The van der Waals surface area contributed by atoms with Gasteiger partial charge >= 0.3 is 0 Å². The first-order valence-electron chi connectivity index (χ1n) is 4.22. The molecule has 0 saturated carbocycles. The van der Waals surface area contributed by atoms with E-state index in [1.165, 1.54) is 7.11 Å². The first-order valence-corrected chi connectivity index (χ1v) is 5.39. The van der Waals surface area contributed by atoms with Crippen LogP contribution in [0.5, 0.6) is 5.75 Å². The number of ether oxygens (including phenoxy) is 2. The van der Waals surface area contributed by atoms with Gasteiger partial charge in [-0.1, -0.05) is 11.6 Å². The third kappa shape index (κ3) is 4.20. The Kier molecular flexibility index (Phi) is 5.08. The number of ketones is 1. The van der Waals surface area contributed by atoms with Gasteiger partial charge in [-0.25, -0.2) is 0 Å². The molecule has 1 rings (SSSR count). The van der Waals surface area contributed by atoms with Crippen LogP contribution < -0.4 is 4.74 Å². The molecule has 82 valence electrons. The highest BCUT2D eigenvalue weighted by atomic mass is 79.9. The van der Waals surface area contributed by atoms with Crippen LogP contribution in [0.25, 0.3) is 0 Å². The highest BCUT2D eigenvalue weighted by molar-refractivity contribution is 9.10. The van der Waals surface area contributed by atoms with E-state index in [1.807, 2.05) is 0 Å². The minimum absolute atomic E-state index is 0.00588. The molecule has 3 nitrogen and oxygen atoms in total. The summed E-state index contributed by atoms with van der Waals surface area (Å²) in [6.45, 7) is 0.0548. The van der Waals surface area contributed by atoms with Crippen LogP contribution in [0.1, 0.15) is 0 Å². The molecule has 0 saturated heterocycles. The summed E-state index contributed by atoms with van der Waals surface area (Å²) in [4.78, 5) is 11.1. The monoisotopic (exact) mass is 292 g/mol. The Bertz CT molecular complexity index is 355. The number of carbonyl (C=O) groups is 1. The molecule has 0 fully saturated rings. The SMILES string of the molecule is COCC(=O)COc1ccc(Cl)cc1Br. The highest BCUT2D eigenvalue weighted by Gasteiger charge is 2.05. The summed E-state index contributed by atoms with van der Waals surface area (Å²) in [5.41, 5.74) is 0. The summed E-state index contributed by atoms with van der Waals surface area (Å²) >= 11 is 9.04. The standard InChI is InChI=1S/C10H10BrClO3/c1-14-5-8(13)6-15-10-3-2-7(12)4-9(10)11/h2-4H,5-6H2,1H3. The van der Waals surface area contributed by atoms with Crippen LogP contribution in [0, 0.1) is 0 Å². The van der Waals surface area contributed by atoms with E-state index in [9.17, 15) is 4.79 Å². The number of Topliss-reactive ketones (excluding diaryl/α,β-unsaturated/α-hetero) is 1. The van der Waals surface area contributed by atoms with E-state index in [-0.39, 0.29) is 19.0 Å². The number of rotatable bonds is 5. The van der Waals surface area contributed by atoms with Crippen LogP contribution in [-0.2, 0) is 9.53 Å². The van der Waals surface area contributed by atoms with Gasteiger partial charge in [0.2, 0.25) is 0 Å². The molecular weight excluding hydrogens is 283 g/mol. The van der Waals surface area contributed by atoms with Gasteiger partial charge in [0.25, 0.3) is 0 Å². The van der Waals surface area contributed by atoms with Crippen LogP contribution >= 0.6 is 27.5 Å². The first-order chi connectivity index (χ1) is 7.13. The van der Waals surface area contributed by atoms with Gasteiger partial charge in [0.05, 0.1) is 4.47 Å². The summed E-state index contributed by atoms with van der Waals surface area (Å²) in [5.74, 6) is 0.475. The molecule has 0 spiro atoms. The van der Waals surface area contributed by atoms with Gasteiger partial charge in [0, 0.05) is 12.1 Å². The van der Waals surface area contributed by atoms with E-state index >= 15 is 0 Å². The average Bonchev–Trinajstić information content (AvgIpc) is 2.17. The summed E-state index contributed by atoms with van der Waals surface area (Å²) in [7, 11) is 1.47. The van der Waals surface area contributed by atoms with Crippen molar-refractivity contribution in [2.24, 2.45) is 0 Å². The van der Waals surface area contributed by atoms with Crippen molar-refractivity contribution in [2.45, 2.75) is 0 Å². The second kappa shape index (κ2) is 6.10. The third-order valence-corrected chi connectivity index (χ3v) is 2.44. The number of halogens is 2. The van der Waals surface area contributed by atoms with Crippen LogP contribution in [0.15, 0.2) is 22.7 Å². The molecule has 0 bridgehead atoms. The average molecular weight is 294 g/mol. The van der Waals surface area contributed by atoms with Gasteiger partial charge < -0.3 is 9.47 Å². The van der Waals surface area contributed by atoms with Crippen LogP contribution in [0.2, 0.25) is 5.02 Å². The Morgan fingerprint density at radius 1 is 1.47 bits per heavy atom. The predicted octanol–water partition coefficient (Wildman–Crippen LogP) is 2.70. The molecule has 0 aliphatic heterocycles. The van der Waals surface area contributed by atoms with E-state index in [0.29, 0.717) is 10.8 Å². The zero-order valence-electron chi connectivity index (χ0n) is 8.13. The number of benzene rings is 1. The van der Waals surface area contributed by atoms with Crippen LogP contribution in [0.4, 0.5) is 0 Å². The van der Waals surface area contributed by atoms with E-state index in [0.717, 1.165) is 4.47 Å². The molecule has 0 aliphatic rings. The molecule has 1 aromatic carbocycles. The zero-order chi connectivity index (χ0) is 11.3. The second-order valence-corrected chi connectivity index (χ2v) is 4.13. The Morgan fingerprint density at radius 2 is 2.20 bits per heavy atom. The number of hydrogen-bond donors (Lipinski definition) is 0. The minimum atomic E-state index is -0.112. The van der Waals surface area contributed by atoms with Crippen molar-refractivity contribution in [1.82, 2.24) is 0 Å². The van der Waals surface area contributed by atoms with Gasteiger partial charge in [-0.15, -0.1) is 0 Å². The van der Waals surface area contributed by atoms with Crippen molar-refractivity contribution in [3.63, 3.8) is 0 Å². The molecule has 0 aliphatic carbocycles. The van der Waals surface area contributed by atoms with Gasteiger partial charge in [-0.05, 0) is 34.1 Å². The minimum Gasteiger partial charge on any atom is -0.485 e. The number of hydrogen-bond acceptors (Lipinski definition) is 3. The zero-order valence-corrected chi connectivity index (χ0v) is 10.5. The van der Waals surface area contributed by atoms with Crippen molar-refractivity contribution in [3.8, 4) is 5.75 Å². The maximum atomic E-state index is 11.1. The van der Waals surface area contributed by atoms with Crippen molar-refractivity contribution in [1.29, 1.82) is 0 Å². The molecular formula is C10H10BrClO3. The molecule has 0 atom stereocenters. The van der Waals surface area contributed by atoms with Gasteiger partial charge in [0.1, 0.15) is 19.0 Å². The van der Waals surface area contributed by atoms with Crippen molar-refractivity contribution in [3.05, 3.63) is 27.7 Å². The fourth-order valence-electron chi connectivity index (χ4n) is 0.953. The summed E-state index contributed by atoms with van der Waals surface area (Å²) in [6, 6.07) is 5.10. The number of methoxy groups -OCH3 is 1. The van der Waals surface area contributed by atoms with Crippen LogP contribution in [0.3, 0.4) is 0 Å². The van der Waals surface area contributed by atoms with Crippen LogP contribution in [-0.4, -0.2) is 26.1 Å². The van der Waals surface area contributed by atoms with Crippen molar-refractivity contribution in [2.75, 3.05) is 20.3 Å². The van der Waals surface area contributed by atoms with Gasteiger partial charge in [-0.3, -0.25) is 4.79 Å². The quantitative estimate of drug-likeness (QED) is 0.837. The van der Waals surface area contributed by atoms with E-state index < -0.39 is 0 Å².